The van der Waals surface area contributed by atoms with E-state index >= 15 is 0 Å². The highest BCUT2D eigenvalue weighted by molar-refractivity contribution is 7.93. The van der Waals surface area contributed by atoms with Crippen LogP contribution in [0.3, 0.4) is 0 Å². The van der Waals surface area contributed by atoms with Gasteiger partial charge in [0.1, 0.15) is 5.75 Å². The summed E-state index contributed by atoms with van der Waals surface area (Å²) < 4.78 is 32.7. The van der Waals surface area contributed by atoms with E-state index in [1.807, 2.05) is 24.3 Å². The maximum atomic E-state index is 12.3. The monoisotopic (exact) mass is 427 g/mol. The van der Waals surface area contributed by atoms with Gasteiger partial charge in [0.2, 0.25) is 0 Å². The first-order chi connectivity index (χ1) is 14.0. The summed E-state index contributed by atoms with van der Waals surface area (Å²) in [4.78, 5) is 16.2. The van der Waals surface area contributed by atoms with Crippen molar-refractivity contribution in [1.29, 1.82) is 0 Å². The number of carbonyl (C=O) groups is 1. The molecule has 1 aliphatic rings. The Hall–Kier alpha value is -3.17. The number of allylic oxidation sites excluding steroid dienone is 1. The summed E-state index contributed by atoms with van der Waals surface area (Å²) in [5, 5.41) is 4.67. The Morgan fingerprint density at radius 3 is 2.76 bits per heavy atom. The molecule has 4 rings (SSSR count). The molecule has 2 aromatic carbocycles. The molecule has 0 saturated heterocycles. The van der Waals surface area contributed by atoms with E-state index in [0.29, 0.717) is 16.6 Å². The van der Waals surface area contributed by atoms with Crippen molar-refractivity contribution in [3.8, 4) is 5.75 Å². The summed E-state index contributed by atoms with van der Waals surface area (Å²) in [6, 6.07) is 11.6. The van der Waals surface area contributed by atoms with Gasteiger partial charge in [0.25, 0.3) is 15.9 Å². The molecule has 29 heavy (non-hydrogen) atoms. The second-order valence-corrected chi connectivity index (χ2v) is 8.82. The van der Waals surface area contributed by atoms with Gasteiger partial charge in [-0.25, -0.2) is 13.4 Å². The summed E-state index contributed by atoms with van der Waals surface area (Å²) in [5.74, 6) is 0.335. The van der Waals surface area contributed by atoms with E-state index in [1.54, 1.807) is 5.38 Å². The average Bonchev–Trinajstić information content (AvgIpc) is 3.38. The van der Waals surface area contributed by atoms with Crippen LogP contribution in [0.2, 0.25) is 0 Å². The molecule has 2 N–H and O–H groups in total. The van der Waals surface area contributed by atoms with E-state index in [1.165, 1.54) is 47.4 Å². The van der Waals surface area contributed by atoms with Crippen molar-refractivity contribution in [3.05, 3.63) is 71.2 Å². The lowest BCUT2D eigenvalue weighted by molar-refractivity contribution is -0.118. The van der Waals surface area contributed by atoms with Crippen LogP contribution in [-0.4, -0.2) is 25.9 Å². The zero-order valence-electron chi connectivity index (χ0n) is 15.2. The standard InChI is InChI=1S/C20H17N3O4S2/c24-19(13-27-18-6-2-4-14-3-1-5-17(14)18)22-15-7-9-16(10-8-15)29(25,26)23-20-21-11-12-28-20/h1-2,4-12H,3,13H2,(H,21,23)(H,22,24). The van der Waals surface area contributed by atoms with Crippen molar-refractivity contribution in [3.63, 3.8) is 0 Å². The smallest absolute Gasteiger partial charge is 0.263 e. The molecular weight excluding hydrogens is 410 g/mol. The third kappa shape index (κ3) is 4.47. The van der Waals surface area contributed by atoms with E-state index in [4.69, 9.17) is 4.74 Å². The van der Waals surface area contributed by atoms with Crippen LogP contribution in [0.5, 0.6) is 5.75 Å². The average molecular weight is 428 g/mol. The molecule has 1 aromatic heterocycles. The molecule has 0 bridgehead atoms. The molecule has 0 saturated carbocycles. The fourth-order valence-corrected chi connectivity index (χ4v) is 4.68. The van der Waals surface area contributed by atoms with Crippen LogP contribution >= 0.6 is 11.3 Å². The Kier molecular flexibility index (Phi) is 5.32. The van der Waals surface area contributed by atoms with E-state index in [9.17, 15) is 13.2 Å². The number of fused-ring (bicyclic) bond motifs is 1. The van der Waals surface area contributed by atoms with Crippen molar-refractivity contribution in [2.24, 2.45) is 0 Å². The van der Waals surface area contributed by atoms with Gasteiger partial charge in [-0.05, 0) is 42.3 Å². The number of aromatic nitrogens is 1. The topological polar surface area (TPSA) is 97.4 Å². The van der Waals surface area contributed by atoms with Crippen LogP contribution in [0.1, 0.15) is 11.1 Å². The molecule has 1 amide bonds. The number of carbonyl (C=O) groups excluding carboxylic acids is 1. The van der Waals surface area contributed by atoms with Crippen molar-refractivity contribution in [1.82, 2.24) is 4.98 Å². The first-order valence-electron chi connectivity index (χ1n) is 8.75. The Morgan fingerprint density at radius 2 is 2.00 bits per heavy atom. The van der Waals surface area contributed by atoms with E-state index in [-0.39, 0.29) is 17.4 Å². The number of nitrogens with zero attached hydrogens (tertiary/aromatic N) is 1. The Labute approximate surface area is 172 Å². The highest BCUT2D eigenvalue weighted by atomic mass is 32.2. The largest absolute Gasteiger partial charge is 0.483 e. The van der Waals surface area contributed by atoms with E-state index in [2.05, 4.69) is 21.1 Å². The minimum atomic E-state index is -3.73. The van der Waals surface area contributed by atoms with Crippen LogP contribution in [0.4, 0.5) is 10.8 Å². The number of hydrogen-bond donors (Lipinski definition) is 2. The van der Waals surface area contributed by atoms with Gasteiger partial charge in [0.05, 0.1) is 4.90 Å². The normalized spacial score (nSPS) is 12.4. The highest BCUT2D eigenvalue weighted by Gasteiger charge is 2.16. The predicted molar refractivity (Wildman–Crippen MR) is 113 cm³/mol. The molecule has 0 radical (unpaired) electrons. The first kappa shape index (κ1) is 19.2. The van der Waals surface area contributed by atoms with Gasteiger partial charge in [0, 0.05) is 22.8 Å². The Bertz CT molecular complexity index is 1150. The number of sulfonamides is 1. The molecular formula is C20H17N3O4S2. The van der Waals surface area contributed by atoms with Crippen molar-refractivity contribution in [2.45, 2.75) is 11.3 Å². The minimum absolute atomic E-state index is 0.0774. The molecule has 0 atom stereocenters. The zero-order valence-corrected chi connectivity index (χ0v) is 16.8. The number of ether oxygens (including phenoxy) is 1. The molecule has 0 spiro atoms. The number of benzene rings is 2. The number of thiazole rings is 1. The second kappa shape index (κ2) is 8.06. The Balaban J connectivity index is 1.36. The molecule has 0 fully saturated rings. The van der Waals surface area contributed by atoms with Gasteiger partial charge in [-0.1, -0.05) is 24.3 Å². The quantitative estimate of drug-likeness (QED) is 0.601. The molecule has 1 aliphatic carbocycles. The molecule has 9 heteroatoms. The molecule has 1 heterocycles. The number of nitrogens with one attached hydrogen (secondary N) is 2. The number of amides is 1. The number of hydrogen-bond acceptors (Lipinski definition) is 6. The van der Waals surface area contributed by atoms with Crippen LogP contribution in [0.15, 0.2) is 65.0 Å². The van der Waals surface area contributed by atoms with Crippen LogP contribution in [0, 0.1) is 0 Å². The van der Waals surface area contributed by atoms with Gasteiger partial charge in [0.15, 0.2) is 11.7 Å². The molecule has 7 nitrogen and oxygen atoms in total. The maximum Gasteiger partial charge on any atom is 0.263 e. The summed E-state index contributed by atoms with van der Waals surface area (Å²) in [5.41, 5.74) is 2.65. The van der Waals surface area contributed by atoms with Crippen LogP contribution in [-0.2, 0) is 21.2 Å². The van der Waals surface area contributed by atoms with Gasteiger partial charge < -0.3 is 10.1 Å². The highest BCUT2D eigenvalue weighted by Crippen LogP contribution is 2.29. The van der Waals surface area contributed by atoms with Crippen molar-refractivity contribution >= 4 is 44.2 Å². The SMILES string of the molecule is O=C(COc1cccc2c1C=CC2)Nc1ccc(S(=O)(=O)Nc2nccs2)cc1. The van der Waals surface area contributed by atoms with Gasteiger partial charge in [-0.3, -0.25) is 9.52 Å². The Morgan fingerprint density at radius 1 is 1.17 bits per heavy atom. The minimum Gasteiger partial charge on any atom is -0.483 e. The van der Waals surface area contributed by atoms with Crippen molar-refractivity contribution < 1.29 is 17.9 Å². The summed E-state index contributed by atoms with van der Waals surface area (Å²) in [6.07, 6.45) is 6.42. The third-order valence-electron chi connectivity index (χ3n) is 4.24. The molecule has 0 aliphatic heterocycles. The first-order valence-corrected chi connectivity index (χ1v) is 11.1. The van der Waals surface area contributed by atoms with Gasteiger partial charge in [-0.15, -0.1) is 11.3 Å². The summed E-state index contributed by atoms with van der Waals surface area (Å²) >= 11 is 1.19. The molecule has 3 aromatic rings. The molecule has 0 unspecified atom stereocenters. The lowest BCUT2D eigenvalue weighted by Crippen LogP contribution is -2.20. The summed E-state index contributed by atoms with van der Waals surface area (Å²) in [6.45, 7) is -0.143. The van der Waals surface area contributed by atoms with Gasteiger partial charge in [-0.2, -0.15) is 0 Å². The summed E-state index contributed by atoms with van der Waals surface area (Å²) in [7, 11) is -3.73. The van der Waals surface area contributed by atoms with Crippen LogP contribution < -0.4 is 14.8 Å². The molecule has 148 valence electrons. The fraction of sp³-hybridized carbons (Fsp3) is 0.100. The lowest BCUT2D eigenvalue weighted by Gasteiger charge is -2.11. The second-order valence-electron chi connectivity index (χ2n) is 6.24. The van der Waals surface area contributed by atoms with Crippen molar-refractivity contribution in [2.75, 3.05) is 16.6 Å². The van der Waals surface area contributed by atoms with Gasteiger partial charge >= 0.3 is 0 Å². The number of rotatable bonds is 7. The predicted octanol–water partition coefficient (Wildman–Crippen LogP) is 3.53. The lowest BCUT2D eigenvalue weighted by atomic mass is 10.1. The van der Waals surface area contributed by atoms with E-state index < -0.39 is 10.0 Å². The number of anilines is 2. The maximum absolute atomic E-state index is 12.3. The van der Waals surface area contributed by atoms with E-state index in [0.717, 1.165) is 12.0 Å². The fourth-order valence-electron chi connectivity index (χ4n) is 2.89. The third-order valence-corrected chi connectivity index (χ3v) is 6.41. The zero-order chi connectivity index (χ0) is 20.3. The van der Waals surface area contributed by atoms with Crippen LogP contribution in [0.25, 0.3) is 6.08 Å².